The molecule has 21 heavy (non-hydrogen) atoms. The van der Waals surface area contributed by atoms with Gasteiger partial charge in [-0.25, -0.2) is 8.42 Å². The van der Waals surface area contributed by atoms with E-state index in [1.807, 2.05) is 6.07 Å². The first kappa shape index (κ1) is 16.7. The molecule has 0 radical (unpaired) electrons. The zero-order valence-electron chi connectivity index (χ0n) is 12.5. The minimum atomic E-state index is -2.85. The normalized spacial score (nSPS) is 22.6. The predicted octanol–water partition coefficient (Wildman–Crippen LogP) is 2.33. The molecular formula is C15H23ClN2O2S. The molecule has 0 bridgehead atoms. The summed E-state index contributed by atoms with van der Waals surface area (Å²) in [6, 6.07) is 2.31. The summed E-state index contributed by atoms with van der Waals surface area (Å²) in [6.45, 7) is 5.01. The van der Waals surface area contributed by atoms with Gasteiger partial charge in [0.2, 0.25) is 0 Å². The van der Waals surface area contributed by atoms with Gasteiger partial charge in [0.25, 0.3) is 0 Å². The Bertz CT molecular complexity index is 575. The molecule has 0 aliphatic carbocycles. The molecule has 1 aromatic heterocycles. The maximum Gasteiger partial charge on any atom is 0.150 e. The lowest BCUT2D eigenvalue weighted by Gasteiger charge is -2.24. The Morgan fingerprint density at radius 3 is 2.81 bits per heavy atom. The third kappa shape index (κ3) is 4.94. The van der Waals surface area contributed by atoms with Crippen molar-refractivity contribution in [2.24, 2.45) is 11.8 Å². The fourth-order valence-corrected chi connectivity index (χ4v) is 4.96. The monoisotopic (exact) mass is 330 g/mol. The summed E-state index contributed by atoms with van der Waals surface area (Å²) in [5.41, 5.74) is 1.05. The van der Waals surface area contributed by atoms with Crippen LogP contribution in [0, 0.1) is 11.8 Å². The third-order valence-electron chi connectivity index (χ3n) is 4.06. The first-order valence-electron chi connectivity index (χ1n) is 7.39. The van der Waals surface area contributed by atoms with E-state index in [9.17, 15) is 8.42 Å². The van der Waals surface area contributed by atoms with Crippen molar-refractivity contribution in [1.82, 2.24) is 10.3 Å². The number of aromatic nitrogens is 1. The van der Waals surface area contributed by atoms with Crippen molar-refractivity contribution >= 4 is 21.4 Å². The first-order chi connectivity index (χ1) is 9.87. The summed E-state index contributed by atoms with van der Waals surface area (Å²) in [5, 5.41) is 4.10. The zero-order valence-corrected chi connectivity index (χ0v) is 14.1. The first-order valence-corrected chi connectivity index (χ1v) is 9.59. The zero-order chi connectivity index (χ0) is 15.5. The van der Waals surface area contributed by atoms with Gasteiger partial charge in [0.05, 0.1) is 16.5 Å². The van der Waals surface area contributed by atoms with E-state index in [1.165, 1.54) is 0 Å². The Morgan fingerprint density at radius 2 is 2.24 bits per heavy atom. The van der Waals surface area contributed by atoms with Crippen molar-refractivity contribution in [2.45, 2.75) is 32.7 Å². The van der Waals surface area contributed by atoms with E-state index < -0.39 is 9.84 Å². The summed E-state index contributed by atoms with van der Waals surface area (Å²) >= 11 is 6.19. The SMILES string of the molecule is CC(C)NCC(Cc1ccncc1Cl)C1CCS(=O)(=O)C1. The highest BCUT2D eigenvalue weighted by atomic mass is 35.5. The molecule has 1 aromatic rings. The van der Waals surface area contributed by atoms with Crippen molar-refractivity contribution in [3.63, 3.8) is 0 Å². The standard InChI is InChI=1S/C15H23ClN2O2S/c1-11(2)18-8-14(13-4-6-21(19,20)10-13)7-12-3-5-17-9-15(12)16/h3,5,9,11,13-14,18H,4,6-8,10H2,1-2H3. The van der Waals surface area contributed by atoms with Crippen molar-refractivity contribution in [3.8, 4) is 0 Å². The molecule has 1 aliphatic heterocycles. The molecule has 1 saturated heterocycles. The molecule has 4 nitrogen and oxygen atoms in total. The Hall–Kier alpha value is -0.650. The van der Waals surface area contributed by atoms with Crippen LogP contribution in [0.25, 0.3) is 0 Å². The molecular weight excluding hydrogens is 308 g/mol. The van der Waals surface area contributed by atoms with E-state index in [4.69, 9.17) is 11.6 Å². The van der Waals surface area contributed by atoms with Crippen LogP contribution in [0.1, 0.15) is 25.8 Å². The maximum atomic E-state index is 11.7. The number of sulfone groups is 1. The van der Waals surface area contributed by atoms with Crippen LogP contribution >= 0.6 is 11.6 Å². The largest absolute Gasteiger partial charge is 0.314 e. The summed E-state index contributed by atoms with van der Waals surface area (Å²) in [4.78, 5) is 4.00. The van der Waals surface area contributed by atoms with Crippen LogP contribution < -0.4 is 5.32 Å². The molecule has 0 saturated carbocycles. The van der Waals surface area contributed by atoms with Crippen molar-refractivity contribution in [1.29, 1.82) is 0 Å². The van der Waals surface area contributed by atoms with Crippen LogP contribution in [0.3, 0.4) is 0 Å². The van der Waals surface area contributed by atoms with E-state index in [2.05, 4.69) is 24.1 Å². The second-order valence-corrected chi connectivity index (χ2v) is 8.79. The Morgan fingerprint density at radius 1 is 1.48 bits per heavy atom. The second kappa shape index (κ2) is 7.07. The topological polar surface area (TPSA) is 59.1 Å². The van der Waals surface area contributed by atoms with Gasteiger partial charge >= 0.3 is 0 Å². The average molecular weight is 331 g/mol. The van der Waals surface area contributed by atoms with E-state index in [1.54, 1.807) is 12.4 Å². The van der Waals surface area contributed by atoms with Crippen molar-refractivity contribution < 1.29 is 8.42 Å². The van der Waals surface area contributed by atoms with Gasteiger partial charge in [-0.15, -0.1) is 0 Å². The molecule has 0 aromatic carbocycles. The quantitative estimate of drug-likeness (QED) is 0.869. The summed E-state index contributed by atoms with van der Waals surface area (Å²) in [7, 11) is -2.85. The maximum absolute atomic E-state index is 11.7. The highest BCUT2D eigenvalue weighted by Crippen LogP contribution is 2.30. The molecule has 2 unspecified atom stereocenters. The van der Waals surface area contributed by atoms with E-state index >= 15 is 0 Å². The number of nitrogens with zero attached hydrogens (tertiary/aromatic N) is 1. The Balaban J connectivity index is 2.11. The van der Waals surface area contributed by atoms with Crippen molar-refractivity contribution in [3.05, 3.63) is 29.0 Å². The number of halogens is 1. The smallest absolute Gasteiger partial charge is 0.150 e. The molecule has 2 atom stereocenters. The molecule has 6 heteroatoms. The van der Waals surface area contributed by atoms with E-state index in [-0.39, 0.29) is 11.8 Å². The van der Waals surface area contributed by atoms with Gasteiger partial charge in [0.1, 0.15) is 0 Å². The fraction of sp³-hybridized carbons (Fsp3) is 0.667. The van der Waals surface area contributed by atoms with Gasteiger partial charge in [-0.05, 0) is 42.9 Å². The molecule has 1 N–H and O–H groups in total. The lowest BCUT2D eigenvalue weighted by atomic mass is 9.86. The Kier molecular flexibility index (Phi) is 5.63. The van der Waals surface area contributed by atoms with Crippen LogP contribution in [0.2, 0.25) is 5.02 Å². The van der Waals surface area contributed by atoms with Gasteiger partial charge in [-0.3, -0.25) is 4.98 Å². The van der Waals surface area contributed by atoms with Crippen LogP contribution in [-0.2, 0) is 16.3 Å². The van der Waals surface area contributed by atoms with Gasteiger partial charge in [0, 0.05) is 18.4 Å². The molecule has 0 amide bonds. The van der Waals surface area contributed by atoms with Crippen LogP contribution in [0.4, 0.5) is 0 Å². The Labute approximate surface area is 132 Å². The molecule has 0 spiro atoms. The summed E-state index contributed by atoms with van der Waals surface area (Å²) in [5.74, 6) is 1.12. The van der Waals surface area contributed by atoms with Crippen LogP contribution in [0.15, 0.2) is 18.5 Å². The number of hydrogen-bond donors (Lipinski definition) is 1. The van der Waals surface area contributed by atoms with E-state index in [0.717, 1.165) is 24.9 Å². The summed E-state index contributed by atoms with van der Waals surface area (Å²) < 4.78 is 23.5. The lowest BCUT2D eigenvalue weighted by molar-refractivity contribution is 0.333. The van der Waals surface area contributed by atoms with E-state index in [0.29, 0.717) is 22.6 Å². The molecule has 118 valence electrons. The number of pyridine rings is 1. The molecule has 2 rings (SSSR count). The van der Waals surface area contributed by atoms with Gasteiger partial charge in [-0.2, -0.15) is 0 Å². The van der Waals surface area contributed by atoms with Gasteiger partial charge in [0.15, 0.2) is 9.84 Å². The lowest BCUT2D eigenvalue weighted by Crippen LogP contribution is -2.34. The van der Waals surface area contributed by atoms with Crippen molar-refractivity contribution in [2.75, 3.05) is 18.1 Å². The van der Waals surface area contributed by atoms with Gasteiger partial charge < -0.3 is 5.32 Å². The number of hydrogen-bond acceptors (Lipinski definition) is 4. The van der Waals surface area contributed by atoms with Crippen LogP contribution in [-0.4, -0.2) is 37.5 Å². The van der Waals surface area contributed by atoms with Crippen LogP contribution in [0.5, 0.6) is 0 Å². The highest BCUT2D eigenvalue weighted by Gasteiger charge is 2.33. The minimum Gasteiger partial charge on any atom is -0.314 e. The van der Waals surface area contributed by atoms with Gasteiger partial charge in [-0.1, -0.05) is 25.4 Å². The average Bonchev–Trinajstić information content (AvgIpc) is 2.76. The highest BCUT2D eigenvalue weighted by molar-refractivity contribution is 7.91. The molecule has 2 heterocycles. The fourth-order valence-electron chi connectivity index (χ4n) is 2.84. The summed E-state index contributed by atoms with van der Waals surface area (Å²) in [6.07, 6.45) is 4.94. The number of rotatable bonds is 6. The predicted molar refractivity (Wildman–Crippen MR) is 86.3 cm³/mol. The molecule has 1 fully saturated rings. The number of nitrogens with one attached hydrogen (secondary N) is 1. The third-order valence-corrected chi connectivity index (χ3v) is 6.20. The minimum absolute atomic E-state index is 0.213. The molecule has 1 aliphatic rings. The second-order valence-electron chi connectivity index (χ2n) is 6.16.